The van der Waals surface area contributed by atoms with Crippen LogP contribution in [0.4, 0.5) is 4.39 Å². The number of Topliss-reactive ketones (excluding diaryl/α,β-unsaturated/α-hetero) is 1. The number of ketones is 1. The van der Waals surface area contributed by atoms with Gasteiger partial charge in [0.05, 0.1) is 18.7 Å². The van der Waals surface area contributed by atoms with Gasteiger partial charge in [-0.2, -0.15) is 5.10 Å². The summed E-state index contributed by atoms with van der Waals surface area (Å²) in [5.74, 6) is -0.537. The number of halogens is 1. The maximum absolute atomic E-state index is 13.0. The second kappa shape index (κ2) is 8.73. The number of benzene rings is 2. The minimum Gasteiger partial charge on any atom is -0.380 e. The predicted molar refractivity (Wildman–Crippen MR) is 110 cm³/mol. The SMILES string of the molecule is COCc1ccc2c(C(=O)N3CCN(CC(=O)c4ccc(F)cc4)CC3)n[nH]c2c1. The Hall–Kier alpha value is -3.10. The van der Waals surface area contributed by atoms with E-state index in [1.807, 2.05) is 23.1 Å². The van der Waals surface area contributed by atoms with Gasteiger partial charge in [0.1, 0.15) is 5.82 Å². The van der Waals surface area contributed by atoms with E-state index in [9.17, 15) is 14.0 Å². The Kier molecular flexibility index (Phi) is 5.87. The number of methoxy groups -OCH3 is 1. The van der Waals surface area contributed by atoms with E-state index in [1.165, 1.54) is 24.3 Å². The molecule has 30 heavy (non-hydrogen) atoms. The lowest BCUT2D eigenvalue weighted by molar-refractivity contribution is 0.0621. The zero-order valence-electron chi connectivity index (χ0n) is 16.7. The van der Waals surface area contributed by atoms with Crippen molar-refractivity contribution in [1.82, 2.24) is 20.0 Å². The number of hydrogen-bond donors (Lipinski definition) is 1. The molecule has 2 heterocycles. The van der Waals surface area contributed by atoms with Crippen molar-refractivity contribution in [1.29, 1.82) is 0 Å². The number of rotatable bonds is 6. The molecule has 0 saturated carbocycles. The number of nitrogens with one attached hydrogen (secondary N) is 1. The molecule has 1 aliphatic heterocycles. The van der Waals surface area contributed by atoms with E-state index in [-0.39, 0.29) is 24.1 Å². The first-order chi connectivity index (χ1) is 14.5. The van der Waals surface area contributed by atoms with Gasteiger partial charge in [-0.1, -0.05) is 12.1 Å². The highest BCUT2D eigenvalue weighted by atomic mass is 19.1. The highest BCUT2D eigenvalue weighted by Gasteiger charge is 2.26. The average Bonchev–Trinajstić information content (AvgIpc) is 3.18. The Bertz CT molecular complexity index is 1060. The Morgan fingerprint density at radius 1 is 1.10 bits per heavy atom. The fourth-order valence-electron chi connectivity index (χ4n) is 3.68. The molecule has 7 nitrogen and oxygen atoms in total. The van der Waals surface area contributed by atoms with E-state index < -0.39 is 0 Å². The Morgan fingerprint density at radius 2 is 1.83 bits per heavy atom. The third-order valence-corrected chi connectivity index (χ3v) is 5.33. The molecule has 0 spiro atoms. The third-order valence-electron chi connectivity index (χ3n) is 5.33. The molecule has 1 fully saturated rings. The van der Waals surface area contributed by atoms with Crippen LogP contribution < -0.4 is 0 Å². The second-order valence-electron chi connectivity index (χ2n) is 7.38. The summed E-state index contributed by atoms with van der Waals surface area (Å²) < 4.78 is 18.2. The van der Waals surface area contributed by atoms with Gasteiger partial charge in [-0.25, -0.2) is 4.39 Å². The second-order valence-corrected chi connectivity index (χ2v) is 7.38. The largest absolute Gasteiger partial charge is 0.380 e. The molecule has 1 saturated heterocycles. The Morgan fingerprint density at radius 3 is 2.53 bits per heavy atom. The van der Waals surface area contributed by atoms with Crippen LogP contribution in [0.25, 0.3) is 10.9 Å². The van der Waals surface area contributed by atoms with Crippen LogP contribution in [0.1, 0.15) is 26.4 Å². The van der Waals surface area contributed by atoms with Gasteiger partial charge in [-0.05, 0) is 35.9 Å². The summed E-state index contributed by atoms with van der Waals surface area (Å²) in [6.45, 7) is 2.98. The van der Waals surface area contributed by atoms with Crippen molar-refractivity contribution in [3.05, 3.63) is 65.1 Å². The summed E-state index contributed by atoms with van der Waals surface area (Å²) in [5.41, 5.74) is 2.71. The van der Waals surface area contributed by atoms with Crippen LogP contribution in [0.2, 0.25) is 0 Å². The molecule has 8 heteroatoms. The van der Waals surface area contributed by atoms with Crippen molar-refractivity contribution in [2.24, 2.45) is 0 Å². The van der Waals surface area contributed by atoms with Crippen LogP contribution in [0.5, 0.6) is 0 Å². The topological polar surface area (TPSA) is 78.5 Å². The quantitative estimate of drug-likeness (QED) is 0.632. The molecule has 1 amide bonds. The number of H-pyrrole nitrogens is 1. The third kappa shape index (κ3) is 4.24. The van der Waals surface area contributed by atoms with Crippen molar-refractivity contribution in [3.63, 3.8) is 0 Å². The summed E-state index contributed by atoms with van der Waals surface area (Å²) in [6.07, 6.45) is 0. The fourth-order valence-corrected chi connectivity index (χ4v) is 3.68. The molecule has 3 aromatic rings. The minimum atomic E-state index is -0.362. The number of carbonyl (C=O) groups excluding carboxylic acids is 2. The number of nitrogens with zero attached hydrogens (tertiary/aromatic N) is 3. The van der Waals surface area contributed by atoms with Crippen molar-refractivity contribution < 1.29 is 18.7 Å². The van der Waals surface area contributed by atoms with Gasteiger partial charge < -0.3 is 9.64 Å². The molecule has 0 radical (unpaired) electrons. The zero-order chi connectivity index (χ0) is 21.1. The van der Waals surface area contributed by atoms with E-state index in [2.05, 4.69) is 10.2 Å². The normalized spacial score (nSPS) is 14.9. The number of aromatic nitrogens is 2. The van der Waals surface area contributed by atoms with Gasteiger partial charge in [-0.15, -0.1) is 0 Å². The number of hydrogen-bond acceptors (Lipinski definition) is 5. The molecule has 0 unspecified atom stereocenters. The van der Waals surface area contributed by atoms with Crippen molar-refractivity contribution in [3.8, 4) is 0 Å². The Labute approximate surface area is 173 Å². The predicted octanol–water partition coefficient (Wildman–Crippen LogP) is 2.49. The number of carbonyl (C=O) groups is 2. The molecule has 1 aromatic heterocycles. The summed E-state index contributed by atoms with van der Waals surface area (Å²) in [7, 11) is 1.64. The number of aromatic amines is 1. The lowest BCUT2D eigenvalue weighted by Crippen LogP contribution is -2.50. The van der Waals surface area contributed by atoms with Gasteiger partial charge >= 0.3 is 0 Å². The molecule has 0 aliphatic carbocycles. The van der Waals surface area contributed by atoms with Gasteiger partial charge in [0.2, 0.25) is 0 Å². The monoisotopic (exact) mass is 410 g/mol. The molecule has 0 bridgehead atoms. The molecule has 4 rings (SSSR count). The summed E-state index contributed by atoms with van der Waals surface area (Å²) in [6, 6.07) is 11.3. The smallest absolute Gasteiger partial charge is 0.275 e. The fraction of sp³-hybridized carbons (Fsp3) is 0.318. The van der Waals surface area contributed by atoms with E-state index >= 15 is 0 Å². The average molecular weight is 410 g/mol. The van der Waals surface area contributed by atoms with Crippen molar-refractivity contribution in [2.75, 3.05) is 39.8 Å². The maximum Gasteiger partial charge on any atom is 0.275 e. The summed E-state index contributed by atoms with van der Waals surface area (Å²) in [4.78, 5) is 29.1. The van der Waals surface area contributed by atoms with E-state index in [0.29, 0.717) is 44.0 Å². The molecule has 2 aromatic carbocycles. The minimum absolute atomic E-state index is 0.0556. The van der Waals surface area contributed by atoms with Crippen LogP contribution in [-0.2, 0) is 11.3 Å². The van der Waals surface area contributed by atoms with Crippen LogP contribution >= 0.6 is 0 Å². The van der Waals surface area contributed by atoms with Gasteiger partial charge in [0.15, 0.2) is 11.5 Å². The van der Waals surface area contributed by atoms with Gasteiger partial charge in [-0.3, -0.25) is 19.6 Å². The van der Waals surface area contributed by atoms with Crippen molar-refractivity contribution >= 4 is 22.6 Å². The van der Waals surface area contributed by atoms with Gasteiger partial charge in [0.25, 0.3) is 5.91 Å². The van der Waals surface area contributed by atoms with E-state index in [1.54, 1.807) is 12.0 Å². The van der Waals surface area contributed by atoms with Crippen LogP contribution in [0, 0.1) is 5.82 Å². The lowest BCUT2D eigenvalue weighted by atomic mass is 10.1. The molecule has 156 valence electrons. The number of ether oxygens (including phenoxy) is 1. The summed E-state index contributed by atoms with van der Waals surface area (Å²) >= 11 is 0. The molecule has 1 N–H and O–H groups in total. The van der Waals surface area contributed by atoms with Crippen LogP contribution in [-0.4, -0.2) is 71.5 Å². The van der Waals surface area contributed by atoms with E-state index in [0.717, 1.165) is 16.5 Å². The molecular weight excluding hydrogens is 387 g/mol. The maximum atomic E-state index is 13.0. The first-order valence-corrected chi connectivity index (χ1v) is 9.81. The number of piperazine rings is 1. The lowest BCUT2D eigenvalue weighted by Gasteiger charge is -2.34. The van der Waals surface area contributed by atoms with E-state index in [4.69, 9.17) is 4.74 Å². The molecular formula is C22H23FN4O3. The van der Waals surface area contributed by atoms with Crippen LogP contribution in [0.3, 0.4) is 0 Å². The Balaban J connectivity index is 1.37. The highest BCUT2D eigenvalue weighted by molar-refractivity contribution is 6.04. The van der Waals surface area contributed by atoms with Gasteiger partial charge in [0, 0.05) is 44.2 Å². The summed E-state index contributed by atoms with van der Waals surface area (Å²) in [5, 5.41) is 7.95. The highest BCUT2D eigenvalue weighted by Crippen LogP contribution is 2.20. The zero-order valence-corrected chi connectivity index (χ0v) is 16.7. The first kappa shape index (κ1) is 20.2. The van der Waals surface area contributed by atoms with Crippen molar-refractivity contribution in [2.45, 2.75) is 6.61 Å². The number of fused-ring (bicyclic) bond motifs is 1. The van der Waals surface area contributed by atoms with Crippen LogP contribution in [0.15, 0.2) is 42.5 Å². The molecule has 1 aliphatic rings. The molecule has 0 atom stereocenters. The first-order valence-electron chi connectivity index (χ1n) is 9.81. The number of amides is 1. The standard InChI is InChI=1S/C22H23FN4O3/c1-30-14-15-2-7-18-19(12-15)24-25-21(18)22(29)27-10-8-26(9-11-27)13-20(28)16-3-5-17(23)6-4-16/h2-7,12H,8-11,13-14H2,1H3,(H,24,25).